The maximum Gasteiger partial charge on any atom is 0.225 e. The first-order valence-electron chi connectivity index (χ1n) is 11.0. The Bertz CT molecular complexity index is 1110. The predicted molar refractivity (Wildman–Crippen MR) is 116 cm³/mol. The summed E-state index contributed by atoms with van der Waals surface area (Å²) in [5.74, 6) is 2.42. The molecule has 2 aliphatic heterocycles. The molecule has 2 aromatic heterocycles. The fourth-order valence-corrected chi connectivity index (χ4v) is 5.58. The minimum atomic E-state index is -3.12. The van der Waals surface area contributed by atoms with Crippen molar-refractivity contribution in [3.05, 3.63) is 12.2 Å². The van der Waals surface area contributed by atoms with Crippen molar-refractivity contribution in [2.75, 3.05) is 37.8 Å². The predicted octanol–water partition coefficient (Wildman–Crippen LogP) is 0.703. The molecule has 0 spiro atoms. The summed E-state index contributed by atoms with van der Waals surface area (Å²) in [5.41, 5.74) is 1.53. The fraction of sp³-hybridized carbons (Fsp3) is 0.700. The summed E-state index contributed by atoms with van der Waals surface area (Å²) in [5, 5.41) is 3.49. The molecule has 0 unspecified atom stereocenters. The number of anilines is 1. The first kappa shape index (κ1) is 20.6. The Morgan fingerprint density at radius 1 is 1.19 bits per heavy atom. The molecule has 0 radical (unpaired) electrons. The summed E-state index contributed by atoms with van der Waals surface area (Å²) < 4.78 is 26.9. The molecule has 1 atom stereocenters. The second kappa shape index (κ2) is 7.70. The van der Waals surface area contributed by atoms with E-state index < -0.39 is 10.0 Å². The lowest BCUT2D eigenvalue weighted by Gasteiger charge is -2.37. The van der Waals surface area contributed by atoms with E-state index >= 15 is 0 Å². The minimum Gasteiger partial charge on any atom is -0.364 e. The molecule has 168 valence electrons. The van der Waals surface area contributed by atoms with Crippen molar-refractivity contribution in [1.29, 1.82) is 0 Å². The van der Waals surface area contributed by atoms with Gasteiger partial charge in [-0.2, -0.15) is 0 Å². The van der Waals surface area contributed by atoms with Crippen LogP contribution >= 0.6 is 0 Å². The lowest BCUT2D eigenvalue weighted by atomic mass is 9.99. The second-order valence-corrected chi connectivity index (χ2v) is 11.0. The van der Waals surface area contributed by atoms with Crippen molar-refractivity contribution >= 4 is 32.9 Å². The molecule has 1 saturated carbocycles. The molecule has 1 aliphatic carbocycles. The first-order chi connectivity index (χ1) is 14.8. The number of sulfonamides is 1. The van der Waals surface area contributed by atoms with E-state index in [0.29, 0.717) is 37.8 Å². The van der Waals surface area contributed by atoms with Crippen molar-refractivity contribution in [2.45, 2.75) is 45.2 Å². The third-order valence-corrected chi connectivity index (χ3v) is 7.79. The maximum atomic E-state index is 12.3. The highest BCUT2D eigenvalue weighted by atomic mass is 32.2. The van der Waals surface area contributed by atoms with E-state index in [4.69, 9.17) is 4.98 Å². The number of likely N-dealkylation sites (tertiary alicyclic amines) is 1. The molecule has 5 rings (SSSR count). The molecule has 3 fully saturated rings. The molecule has 31 heavy (non-hydrogen) atoms. The van der Waals surface area contributed by atoms with Crippen molar-refractivity contribution in [3.8, 4) is 0 Å². The number of amides is 1. The van der Waals surface area contributed by atoms with E-state index in [1.54, 1.807) is 6.33 Å². The van der Waals surface area contributed by atoms with Gasteiger partial charge in [0.15, 0.2) is 17.0 Å². The molecule has 2 aromatic rings. The molecule has 11 heteroatoms. The van der Waals surface area contributed by atoms with Crippen LogP contribution in [-0.2, 0) is 27.8 Å². The highest BCUT2D eigenvalue weighted by Crippen LogP contribution is 2.33. The number of rotatable bonds is 7. The van der Waals surface area contributed by atoms with Gasteiger partial charge >= 0.3 is 0 Å². The molecule has 1 N–H and O–H groups in total. The molecule has 2 saturated heterocycles. The largest absolute Gasteiger partial charge is 0.364 e. The van der Waals surface area contributed by atoms with E-state index in [9.17, 15) is 13.2 Å². The van der Waals surface area contributed by atoms with Gasteiger partial charge in [-0.1, -0.05) is 0 Å². The highest BCUT2D eigenvalue weighted by molar-refractivity contribution is 7.88. The third kappa shape index (κ3) is 4.00. The summed E-state index contributed by atoms with van der Waals surface area (Å²) in [7, 11) is -3.12. The lowest BCUT2D eigenvalue weighted by molar-refractivity contribution is -0.131. The number of nitrogens with one attached hydrogen (secondary N) is 1. The van der Waals surface area contributed by atoms with Crippen LogP contribution < -0.4 is 5.32 Å². The number of aromatic nitrogens is 4. The first-order valence-corrected chi connectivity index (χ1v) is 12.9. The van der Waals surface area contributed by atoms with Gasteiger partial charge in [0, 0.05) is 51.1 Å². The van der Waals surface area contributed by atoms with Gasteiger partial charge in [-0.15, -0.1) is 0 Å². The van der Waals surface area contributed by atoms with E-state index in [1.165, 1.54) is 10.6 Å². The van der Waals surface area contributed by atoms with Gasteiger partial charge in [0.25, 0.3) is 0 Å². The number of hydrogen-bond acceptors (Lipinski definition) is 7. The zero-order valence-corrected chi connectivity index (χ0v) is 18.8. The Morgan fingerprint density at radius 3 is 2.65 bits per heavy atom. The van der Waals surface area contributed by atoms with Crippen molar-refractivity contribution in [1.82, 2.24) is 28.7 Å². The standard InChI is InChI=1S/C20H29N7O3S/c1-3-27-16(8-13-9-26(10-13)31(2,29)30)24-17-18(21-12-22-19(17)27)23-15-6-7-25(11-15)20(28)14-4-5-14/h12-15H,3-11H2,1-2H3,(H,21,22,23)/t15-/m0/s1. The van der Waals surface area contributed by atoms with Crippen LogP contribution in [0.2, 0.25) is 0 Å². The van der Waals surface area contributed by atoms with Gasteiger partial charge in [0.2, 0.25) is 15.9 Å². The van der Waals surface area contributed by atoms with Crippen LogP contribution in [0.3, 0.4) is 0 Å². The van der Waals surface area contributed by atoms with Crippen LogP contribution in [0.4, 0.5) is 5.82 Å². The molecule has 4 heterocycles. The quantitative estimate of drug-likeness (QED) is 0.665. The molecular formula is C20H29N7O3S. The van der Waals surface area contributed by atoms with Crippen LogP contribution in [-0.4, -0.2) is 81.5 Å². The minimum absolute atomic E-state index is 0.158. The summed E-state index contributed by atoms with van der Waals surface area (Å²) in [6.45, 7) is 5.35. The van der Waals surface area contributed by atoms with E-state index in [-0.39, 0.29) is 17.9 Å². The SMILES string of the molecule is CCn1c(CC2CN(S(C)(=O)=O)C2)nc2c(N[C@H]3CCN(C(=O)C4CC4)C3)ncnc21. The van der Waals surface area contributed by atoms with Crippen LogP contribution in [0.1, 0.15) is 32.0 Å². The summed E-state index contributed by atoms with van der Waals surface area (Å²) in [6, 6.07) is 0.158. The molecular weight excluding hydrogens is 418 g/mol. The Kier molecular flexibility index (Phi) is 5.12. The highest BCUT2D eigenvalue weighted by Gasteiger charge is 2.37. The number of aryl methyl sites for hydroxylation is 1. The second-order valence-electron chi connectivity index (χ2n) is 9.01. The smallest absolute Gasteiger partial charge is 0.225 e. The summed E-state index contributed by atoms with van der Waals surface area (Å²) >= 11 is 0. The Labute approximate surface area is 182 Å². The van der Waals surface area contributed by atoms with Crippen LogP contribution in [0.25, 0.3) is 11.2 Å². The molecule has 1 amide bonds. The lowest BCUT2D eigenvalue weighted by Crippen LogP contribution is -2.50. The number of hydrogen-bond donors (Lipinski definition) is 1. The number of fused-ring (bicyclic) bond motifs is 1. The van der Waals surface area contributed by atoms with Gasteiger partial charge in [-0.25, -0.2) is 27.7 Å². The normalized spacial score (nSPS) is 22.8. The van der Waals surface area contributed by atoms with Crippen LogP contribution in [0.15, 0.2) is 6.33 Å². The molecule has 3 aliphatic rings. The van der Waals surface area contributed by atoms with Crippen molar-refractivity contribution < 1.29 is 13.2 Å². The zero-order valence-electron chi connectivity index (χ0n) is 18.0. The van der Waals surface area contributed by atoms with Gasteiger partial charge in [-0.05, 0) is 32.1 Å². The van der Waals surface area contributed by atoms with Crippen LogP contribution in [0, 0.1) is 11.8 Å². The van der Waals surface area contributed by atoms with Gasteiger partial charge in [0.1, 0.15) is 12.2 Å². The van der Waals surface area contributed by atoms with E-state index in [0.717, 1.165) is 49.3 Å². The number of imidazole rings is 1. The van der Waals surface area contributed by atoms with Crippen molar-refractivity contribution in [2.24, 2.45) is 11.8 Å². The van der Waals surface area contributed by atoms with Gasteiger partial charge in [0.05, 0.1) is 6.26 Å². The van der Waals surface area contributed by atoms with E-state index in [1.807, 2.05) is 4.90 Å². The number of nitrogens with zero attached hydrogens (tertiary/aromatic N) is 6. The summed E-state index contributed by atoms with van der Waals surface area (Å²) in [6.07, 6.45) is 6.47. The van der Waals surface area contributed by atoms with Gasteiger partial charge < -0.3 is 14.8 Å². The fourth-order valence-electron chi connectivity index (χ4n) is 4.62. The van der Waals surface area contributed by atoms with Crippen molar-refractivity contribution in [3.63, 3.8) is 0 Å². The molecule has 0 aromatic carbocycles. The molecule has 10 nitrogen and oxygen atoms in total. The maximum absolute atomic E-state index is 12.3. The average Bonchev–Trinajstić information content (AvgIpc) is 3.32. The molecule has 0 bridgehead atoms. The Hall–Kier alpha value is -2.27. The summed E-state index contributed by atoms with van der Waals surface area (Å²) in [4.78, 5) is 28.1. The third-order valence-electron chi connectivity index (χ3n) is 6.56. The Balaban J connectivity index is 1.31. The number of carbonyl (C=O) groups is 1. The van der Waals surface area contributed by atoms with E-state index in [2.05, 4.69) is 26.8 Å². The zero-order chi connectivity index (χ0) is 21.8. The average molecular weight is 448 g/mol. The van der Waals surface area contributed by atoms with Crippen LogP contribution in [0.5, 0.6) is 0 Å². The monoisotopic (exact) mass is 447 g/mol. The topological polar surface area (TPSA) is 113 Å². The van der Waals surface area contributed by atoms with Gasteiger partial charge in [-0.3, -0.25) is 4.79 Å². The Morgan fingerprint density at radius 2 is 1.97 bits per heavy atom. The number of carbonyl (C=O) groups excluding carboxylic acids is 1.